The zero-order chi connectivity index (χ0) is 10.7. The van der Waals surface area contributed by atoms with E-state index in [0.29, 0.717) is 0 Å². The highest BCUT2D eigenvalue weighted by atomic mass is 16.3. The van der Waals surface area contributed by atoms with Crippen LogP contribution in [0.2, 0.25) is 0 Å². The molecule has 79 valence electrons. The largest absolute Gasteiger partial charge is 0.456 e. The van der Waals surface area contributed by atoms with Crippen molar-refractivity contribution in [1.82, 2.24) is 0 Å². The number of rotatable bonds is 0. The highest BCUT2D eigenvalue weighted by Gasteiger charge is 2.03. The summed E-state index contributed by atoms with van der Waals surface area (Å²) >= 11 is 0. The van der Waals surface area contributed by atoms with Crippen LogP contribution in [0.3, 0.4) is 0 Å². The molecule has 0 amide bonds. The lowest BCUT2D eigenvalue weighted by Gasteiger charge is -1.85. The summed E-state index contributed by atoms with van der Waals surface area (Å²) in [6.45, 7) is 4.00. The van der Waals surface area contributed by atoms with Gasteiger partial charge in [0.05, 0.1) is 0 Å². The SMILES string of the molecule is CC.[B].c1ccc2c(c1)oc1ccccc12. The molecule has 2 aromatic carbocycles. The smallest absolute Gasteiger partial charge is 0.135 e. The second kappa shape index (κ2) is 5.41. The van der Waals surface area contributed by atoms with Crippen molar-refractivity contribution in [1.29, 1.82) is 0 Å². The number of furan rings is 1. The molecule has 1 nitrogen and oxygen atoms in total. The van der Waals surface area contributed by atoms with E-state index in [-0.39, 0.29) is 8.41 Å². The molecule has 0 unspecified atom stereocenters. The Balaban J connectivity index is 0.000000406. The standard InChI is InChI=1S/C12H8O.C2H6.B/c1-3-7-11-9(5-1)10-6-2-4-8-12(10)13-11;1-2;/h1-8H;1-2H3;. The van der Waals surface area contributed by atoms with Crippen LogP contribution in [0.5, 0.6) is 0 Å². The van der Waals surface area contributed by atoms with Crippen LogP contribution < -0.4 is 0 Å². The second-order valence-electron chi connectivity index (χ2n) is 3.09. The first-order valence-electron chi connectivity index (χ1n) is 5.31. The average molecular weight is 209 g/mol. The van der Waals surface area contributed by atoms with E-state index in [1.54, 1.807) is 0 Å². The van der Waals surface area contributed by atoms with Gasteiger partial charge in [0.15, 0.2) is 0 Å². The van der Waals surface area contributed by atoms with Crippen molar-refractivity contribution in [3.8, 4) is 0 Å². The van der Waals surface area contributed by atoms with Crippen molar-refractivity contribution in [3.05, 3.63) is 48.5 Å². The zero-order valence-corrected chi connectivity index (χ0v) is 9.60. The highest BCUT2D eigenvalue weighted by Crippen LogP contribution is 2.27. The van der Waals surface area contributed by atoms with E-state index < -0.39 is 0 Å². The van der Waals surface area contributed by atoms with Crippen molar-refractivity contribution in [3.63, 3.8) is 0 Å². The van der Waals surface area contributed by atoms with Gasteiger partial charge in [-0.2, -0.15) is 0 Å². The van der Waals surface area contributed by atoms with E-state index in [0.717, 1.165) is 11.2 Å². The molecule has 3 radical (unpaired) electrons. The average Bonchev–Trinajstić information content (AvgIpc) is 2.70. The molecule has 0 aliphatic rings. The van der Waals surface area contributed by atoms with Gasteiger partial charge in [-0.25, -0.2) is 0 Å². The van der Waals surface area contributed by atoms with Crippen LogP contribution in [0.1, 0.15) is 13.8 Å². The number of hydrogen-bond donors (Lipinski definition) is 0. The maximum atomic E-state index is 5.65. The van der Waals surface area contributed by atoms with Gasteiger partial charge in [-0.15, -0.1) is 0 Å². The molecule has 16 heavy (non-hydrogen) atoms. The Kier molecular flexibility index (Phi) is 4.18. The van der Waals surface area contributed by atoms with E-state index >= 15 is 0 Å². The van der Waals surface area contributed by atoms with Crippen LogP contribution in [0.15, 0.2) is 52.9 Å². The summed E-state index contributed by atoms with van der Waals surface area (Å²) in [5.41, 5.74) is 1.92. The molecule has 0 saturated heterocycles. The minimum atomic E-state index is 0. The van der Waals surface area contributed by atoms with Crippen molar-refractivity contribution >= 4 is 30.4 Å². The molecule has 1 aromatic heterocycles. The van der Waals surface area contributed by atoms with Gasteiger partial charge in [0.25, 0.3) is 0 Å². The van der Waals surface area contributed by atoms with Crippen LogP contribution in [0, 0.1) is 0 Å². The van der Waals surface area contributed by atoms with E-state index in [4.69, 9.17) is 4.42 Å². The summed E-state index contributed by atoms with van der Waals surface area (Å²) < 4.78 is 5.65. The summed E-state index contributed by atoms with van der Waals surface area (Å²) in [4.78, 5) is 0. The third-order valence-corrected chi connectivity index (χ3v) is 2.28. The van der Waals surface area contributed by atoms with Gasteiger partial charge < -0.3 is 4.42 Å². The van der Waals surface area contributed by atoms with Gasteiger partial charge in [0.1, 0.15) is 11.2 Å². The lowest BCUT2D eigenvalue weighted by Crippen LogP contribution is -1.62. The first-order chi connectivity index (χ1) is 7.45. The number of hydrogen-bond acceptors (Lipinski definition) is 1. The molecule has 0 aliphatic carbocycles. The Morgan fingerprint density at radius 2 is 1.06 bits per heavy atom. The Bertz CT molecular complexity index is 518. The van der Waals surface area contributed by atoms with Crippen molar-refractivity contribution < 1.29 is 4.42 Å². The maximum Gasteiger partial charge on any atom is 0.135 e. The van der Waals surface area contributed by atoms with Gasteiger partial charge in [0.2, 0.25) is 0 Å². The molecule has 0 aliphatic heterocycles. The Morgan fingerprint density at radius 1 is 0.688 bits per heavy atom. The van der Waals surface area contributed by atoms with Gasteiger partial charge in [0, 0.05) is 19.2 Å². The lowest BCUT2D eigenvalue weighted by molar-refractivity contribution is 0.669. The summed E-state index contributed by atoms with van der Waals surface area (Å²) in [5, 5.41) is 2.39. The Hall–Kier alpha value is -1.70. The van der Waals surface area contributed by atoms with E-state index in [1.165, 1.54) is 10.8 Å². The molecule has 0 bridgehead atoms. The molecule has 0 atom stereocenters. The van der Waals surface area contributed by atoms with Crippen LogP contribution in [0.25, 0.3) is 21.9 Å². The normalized spacial score (nSPS) is 9.38. The third-order valence-electron chi connectivity index (χ3n) is 2.28. The van der Waals surface area contributed by atoms with E-state index in [9.17, 15) is 0 Å². The molecular formula is C14H14BO. The fraction of sp³-hybridized carbons (Fsp3) is 0.143. The lowest BCUT2D eigenvalue weighted by atomic mass is 10.2. The minimum absolute atomic E-state index is 0. The minimum Gasteiger partial charge on any atom is -0.456 e. The first-order valence-corrected chi connectivity index (χ1v) is 5.31. The fourth-order valence-corrected chi connectivity index (χ4v) is 1.67. The maximum absolute atomic E-state index is 5.65. The molecular weight excluding hydrogens is 195 g/mol. The summed E-state index contributed by atoms with van der Waals surface area (Å²) in [6.07, 6.45) is 0. The van der Waals surface area contributed by atoms with Crippen LogP contribution in [0.4, 0.5) is 0 Å². The van der Waals surface area contributed by atoms with Crippen molar-refractivity contribution in [2.24, 2.45) is 0 Å². The molecule has 0 spiro atoms. The summed E-state index contributed by atoms with van der Waals surface area (Å²) in [7, 11) is 0. The zero-order valence-electron chi connectivity index (χ0n) is 9.60. The highest BCUT2D eigenvalue weighted by molar-refractivity contribution is 6.04. The monoisotopic (exact) mass is 209 g/mol. The molecule has 0 N–H and O–H groups in total. The molecule has 3 aromatic rings. The Labute approximate surface area is 97.6 Å². The number of benzene rings is 2. The predicted molar refractivity (Wildman–Crippen MR) is 70.8 cm³/mol. The van der Waals surface area contributed by atoms with E-state index in [2.05, 4.69) is 12.1 Å². The Morgan fingerprint density at radius 3 is 1.50 bits per heavy atom. The van der Waals surface area contributed by atoms with Crippen LogP contribution in [-0.2, 0) is 0 Å². The summed E-state index contributed by atoms with van der Waals surface area (Å²) in [6, 6.07) is 16.2. The molecule has 0 fully saturated rings. The molecule has 2 heteroatoms. The van der Waals surface area contributed by atoms with Gasteiger partial charge in [-0.05, 0) is 12.1 Å². The molecule has 1 heterocycles. The number of fused-ring (bicyclic) bond motifs is 3. The third kappa shape index (κ3) is 1.96. The fourth-order valence-electron chi connectivity index (χ4n) is 1.67. The van der Waals surface area contributed by atoms with Crippen molar-refractivity contribution in [2.45, 2.75) is 13.8 Å². The summed E-state index contributed by atoms with van der Waals surface area (Å²) in [5.74, 6) is 0. The van der Waals surface area contributed by atoms with Crippen LogP contribution in [-0.4, -0.2) is 8.41 Å². The second-order valence-corrected chi connectivity index (χ2v) is 3.09. The van der Waals surface area contributed by atoms with Crippen molar-refractivity contribution in [2.75, 3.05) is 0 Å². The molecule has 3 rings (SSSR count). The topological polar surface area (TPSA) is 13.1 Å². The van der Waals surface area contributed by atoms with Gasteiger partial charge in [-0.3, -0.25) is 0 Å². The first kappa shape index (κ1) is 12.4. The van der Waals surface area contributed by atoms with Gasteiger partial charge in [-0.1, -0.05) is 50.2 Å². The van der Waals surface area contributed by atoms with Crippen LogP contribution >= 0.6 is 0 Å². The number of para-hydroxylation sites is 2. The molecule has 0 saturated carbocycles. The van der Waals surface area contributed by atoms with E-state index in [1.807, 2.05) is 50.2 Å². The van der Waals surface area contributed by atoms with Gasteiger partial charge >= 0.3 is 0 Å². The quantitative estimate of drug-likeness (QED) is 0.505. The predicted octanol–water partition coefficient (Wildman–Crippen LogP) is 4.23.